The third-order valence-electron chi connectivity index (χ3n) is 7.24. The molecule has 0 saturated carbocycles. The SMILES string of the molecule is O=C(Cc1ccc(-c2cccc(OCc3ccc(C(F)(F)F)cc3F)n2)cc1)Nc1ccc(C(=O)O)cc1NC[C@@H]1CCOC1. The lowest BCUT2D eigenvalue weighted by molar-refractivity contribution is -0.137. The number of rotatable bonds is 11. The lowest BCUT2D eigenvalue weighted by Crippen LogP contribution is -2.19. The highest BCUT2D eigenvalue weighted by atomic mass is 19.4. The number of pyridine rings is 1. The summed E-state index contributed by atoms with van der Waals surface area (Å²) < 4.78 is 63.5. The molecule has 1 saturated heterocycles. The highest BCUT2D eigenvalue weighted by Gasteiger charge is 2.31. The monoisotopic (exact) mass is 623 g/mol. The Morgan fingerprint density at radius 3 is 2.49 bits per heavy atom. The van der Waals surface area contributed by atoms with E-state index in [0.717, 1.165) is 29.7 Å². The molecule has 1 aromatic heterocycles. The highest BCUT2D eigenvalue weighted by Crippen LogP contribution is 2.31. The zero-order chi connectivity index (χ0) is 32.0. The normalized spacial score (nSPS) is 14.6. The van der Waals surface area contributed by atoms with E-state index >= 15 is 0 Å². The third kappa shape index (κ3) is 8.36. The van der Waals surface area contributed by atoms with Crippen LogP contribution in [-0.4, -0.2) is 41.7 Å². The molecule has 1 atom stereocenters. The van der Waals surface area contributed by atoms with E-state index in [9.17, 15) is 32.3 Å². The van der Waals surface area contributed by atoms with Crippen LogP contribution in [0, 0.1) is 11.7 Å². The predicted molar refractivity (Wildman–Crippen MR) is 159 cm³/mol. The van der Waals surface area contributed by atoms with Crippen molar-refractivity contribution in [1.82, 2.24) is 4.98 Å². The van der Waals surface area contributed by atoms with E-state index < -0.39 is 23.5 Å². The zero-order valence-electron chi connectivity index (χ0n) is 23.9. The minimum absolute atomic E-state index is 0.0398. The van der Waals surface area contributed by atoms with Gasteiger partial charge in [-0.3, -0.25) is 4.79 Å². The Kier molecular flexibility index (Phi) is 9.62. The van der Waals surface area contributed by atoms with Gasteiger partial charge >= 0.3 is 12.1 Å². The number of benzene rings is 3. The van der Waals surface area contributed by atoms with Crippen LogP contribution in [0.4, 0.5) is 28.9 Å². The molecule has 3 N–H and O–H groups in total. The Morgan fingerprint density at radius 1 is 1.00 bits per heavy atom. The van der Waals surface area contributed by atoms with Gasteiger partial charge in [-0.05, 0) is 48.4 Å². The lowest BCUT2D eigenvalue weighted by atomic mass is 10.1. The van der Waals surface area contributed by atoms with Crippen LogP contribution in [0.25, 0.3) is 11.3 Å². The molecule has 0 unspecified atom stereocenters. The van der Waals surface area contributed by atoms with Crippen molar-refractivity contribution in [3.05, 3.63) is 107 Å². The van der Waals surface area contributed by atoms with Gasteiger partial charge in [0.2, 0.25) is 11.8 Å². The number of anilines is 2. The number of ether oxygens (including phenoxy) is 2. The van der Waals surface area contributed by atoms with Crippen LogP contribution >= 0.6 is 0 Å². The van der Waals surface area contributed by atoms with Crippen molar-refractivity contribution in [2.75, 3.05) is 30.4 Å². The molecule has 1 amide bonds. The van der Waals surface area contributed by atoms with Crippen molar-refractivity contribution < 1.29 is 41.7 Å². The van der Waals surface area contributed by atoms with Crippen molar-refractivity contribution in [3.8, 4) is 17.1 Å². The number of aromatic nitrogens is 1. The van der Waals surface area contributed by atoms with Crippen molar-refractivity contribution >= 4 is 23.3 Å². The second-order valence-corrected chi connectivity index (χ2v) is 10.6. The van der Waals surface area contributed by atoms with E-state index in [1.807, 2.05) is 0 Å². The van der Waals surface area contributed by atoms with E-state index in [2.05, 4.69) is 15.6 Å². The minimum Gasteiger partial charge on any atom is -0.478 e. The van der Waals surface area contributed by atoms with Gasteiger partial charge in [-0.2, -0.15) is 13.2 Å². The first-order valence-electron chi connectivity index (χ1n) is 14.1. The van der Waals surface area contributed by atoms with Gasteiger partial charge in [-0.15, -0.1) is 0 Å². The van der Waals surface area contributed by atoms with Gasteiger partial charge in [0.15, 0.2) is 0 Å². The summed E-state index contributed by atoms with van der Waals surface area (Å²) in [7, 11) is 0. The fraction of sp³-hybridized carbons (Fsp3) is 0.242. The van der Waals surface area contributed by atoms with Crippen LogP contribution < -0.4 is 15.4 Å². The molecular weight excluding hydrogens is 594 g/mol. The average molecular weight is 624 g/mol. The van der Waals surface area contributed by atoms with Gasteiger partial charge in [0.05, 0.1) is 41.2 Å². The maximum absolute atomic E-state index is 14.2. The van der Waals surface area contributed by atoms with Crippen molar-refractivity contribution in [3.63, 3.8) is 0 Å². The van der Waals surface area contributed by atoms with Gasteiger partial charge in [0.1, 0.15) is 12.4 Å². The molecule has 0 aliphatic carbocycles. The fourth-order valence-electron chi connectivity index (χ4n) is 4.75. The van der Waals surface area contributed by atoms with Crippen LogP contribution in [0.15, 0.2) is 78.9 Å². The number of carbonyl (C=O) groups excluding carboxylic acids is 1. The molecule has 234 valence electrons. The Hall–Kier alpha value is -4.97. The number of carboxylic acids is 1. The second-order valence-electron chi connectivity index (χ2n) is 10.6. The van der Waals surface area contributed by atoms with Gasteiger partial charge in [0.25, 0.3) is 0 Å². The molecule has 5 rings (SSSR count). The molecule has 4 aromatic rings. The Bertz CT molecular complexity index is 1670. The van der Waals surface area contributed by atoms with Crippen LogP contribution in [0.2, 0.25) is 0 Å². The third-order valence-corrected chi connectivity index (χ3v) is 7.24. The van der Waals surface area contributed by atoms with Gasteiger partial charge in [0, 0.05) is 36.3 Å². The first kappa shape index (κ1) is 31.5. The number of nitrogens with zero attached hydrogens (tertiary/aromatic N) is 1. The molecular formula is C33H29F4N3O5. The van der Waals surface area contributed by atoms with Crippen molar-refractivity contribution in [1.29, 1.82) is 0 Å². The number of hydrogen-bond donors (Lipinski definition) is 3. The number of amides is 1. The van der Waals surface area contributed by atoms with Gasteiger partial charge in [-0.25, -0.2) is 14.2 Å². The lowest BCUT2D eigenvalue weighted by Gasteiger charge is -2.16. The van der Waals surface area contributed by atoms with Crippen LogP contribution in [-0.2, 0) is 28.7 Å². The quantitative estimate of drug-likeness (QED) is 0.158. The average Bonchev–Trinajstić information content (AvgIpc) is 3.54. The number of hydrogen-bond acceptors (Lipinski definition) is 6. The summed E-state index contributed by atoms with van der Waals surface area (Å²) in [6.07, 6.45) is -3.68. The summed E-state index contributed by atoms with van der Waals surface area (Å²) in [6, 6.07) is 18.8. The summed E-state index contributed by atoms with van der Waals surface area (Å²) >= 11 is 0. The van der Waals surface area contributed by atoms with Crippen LogP contribution in [0.1, 0.15) is 33.5 Å². The summed E-state index contributed by atoms with van der Waals surface area (Å²) in [5, 5.41) is 15.5. The van der Waals surface area contributed by atoms with Crippen LogP contribution in [0.3, 0.4) is 0 Å². The standard InChI is InChI=1S/C33H29F4N3O5/c34-26-16-25(33(35,36)37)10-8-24(26)19-45-31-3-1-2-27(40-31)22-6-4-20(5-7-22)14-30(41)39-28-11-9-23(32(42)43)15-29(28)38-17-21-12-13-44-18-21/h1-11,15-16,21,38H,12-14,17-19H2,(H,39,41)(H,42,43)/t21-/m0/s1. The maximum atomic E-state index is 14.2. The second kappa shape index (κ2) is 13.8. The minimum atomic E-state index is -4.64. The zero-order valence-corrected chi connectivity index (χ0v) is 23.9. The topological polar surface area (TPSA) is 110 Å². The molecule has 0 spiro atoms. The predicted octanol–water partition coefficient (Wildman–Crippen LogP) is 6.81. The van der Waals surface area contributed by atoms with E-state index in [4.69, 9.17) is 9.47 Å². The van der Waals surface area contributed by atoms with E-state index in [-0.39, 0.29) is 35.9 Å². The Morgan fingerprint density at radius 2 is 1.80 bits per heavy atom. The maximum Gasteiger partial charge on any atom is 0.416 e. The summed E-state index contributed by atoms with van der Waals surface area (Å²) in [4.78, 5) is 28.8. The Labute approximate surface area is 256 Å². The van der Waals surface area contributed by atoms with Gasteiger partial charge < -0.3 is 25.2 Å². The number of halogens is 4. The number of alkyl halides is 3. The van der Waals surface area contributed by atoms with E-state index in [0.29, 0.717) is 48.8 Å². The molecule has 8 nitrogen and oxygen atoms in total. The molecule has 1 fully saturated rings. The van der Waals surface area contributed by atoms with Gasteiger partial charge in [-0.1, -0.05) is 36.4 Å². The van der Waals surface area contributed by atoms with E-state index in [1.165, 1.54) is 12.1 Å². The molecule has 1 aliphatic heterocycles. The number of carboxylic acid groups (broad SMARTS) is 1. The number of nitrogens with one attached hydrogen (secondary N) is 2. The van der Waals surface area contributed by atoms with Crippen LogP contribution in [0.5, 0.6) is 5.88 Å². The molecule has 0 radical (unpaired) electrons. The highest BCUT2D eigenvalue weighted by molar-refractivity contribution is 5.97. The summed E-state index contributed by atoms with van der Waals surface area (Å²) in [6.45, 7) is 1.59. The van der Waals surface area contributed by atoms with E-state index in [1.54, 1.807) is 48.5 Å². The summed E-state index contributed by atoms with van der Waals surface area (Å²) in [5.74, 6) is -1.93. The van der Waals surface area contributed by atoms with Crippen molar-refractivity contribution in [2.24, 2.45) is 5.92 Å². The summed E-state index contributed by atoms with van der Waals surface area (Å²) in [5.41, 5.74) is 1.95. The molecule has 2 heterocycles. The first-order valence-corrected chi connectivity index (χ1v) is 14.1. The molecule has 3 aromatic carbocycles. The largest absolute Gasteiger partial charge is 0.478 e. The first-order chi connectivity index (χ1) is 21.5. The smallest absolute Gasteiger partial charge is 0.416 e. The molecule has 12 heteroatoms. The fourth-order valence-corrected chi connectivity index (χ4v) is 4.75. The molecule has 45 heavy (non-hydrogen) atoms. The number of aromatic carboxylic acids is 1. The molecule has 0 bridgehead atoms. The van der Waals surface area contributed by atoms with Crippen molar-refractivity contribution in [2.45, 2.75) is 25.6 Å². The number of carbonyl (C=O) groups is 2. The Balaban J connectivity index is 1.20. The molecule has 1 aliphatic rings.